The van der Waals surface area contributed by atoms with Crippen LogP contribution in [0.5, 0.6) is 0 Å². The van der Waals surface area contributed by atoms with Crippen LogP contribution in [-0.4, -0.2) is 101 Å². The molecule has 0 saturated heterocycles. The van der Waals surface area contributed by atoms with Gasteiger partial charge < -0.3 is 0 Å². The van der Waals surface area contributed by atoms with Gasteiger partial charge in [0.05, 0.1) is 73.7 Å². The fourth-order valence-electron chi connectivity index (χ4n) is 11.9. The van der Waals surface area contributed by atoms with Crippen molar-refractivity contribution in [3.05, 3.63) is 247 Å². The molecule has 0 N–H and O–H groups in total. The molecule has 0 spiro atoms. The second kappa shape index (κ2) is 34.6. The summed E-state index contributed by atoms with van der Waals surface area (Å²) in [4.78, 5) is 110. The Morgan fingerprint density at radius 2 is 0.740 bits per heavy atom. The van der Waals surface area contributed by atoms with Crippen molar-refractivity contribution < 1.29 is 19.2 Å². The van der Waals surface area contributed by atoms with Gasteiger partial charge in [0.2, 0.25) is 23.6 Å². The number of hydrogen-bond donors (Lipinski definition) is 0. The van der Waals surface area contributed by atoms with Gasteiger partial charge in [0.1, 0.15) is 18.4 Å². The van der Waals surface area contributed by atoms with Crippen molar-refractivity contribution in [3.63, 3.8) is 0 Å². The average Bonchev–Trinajstić information content (AvgIpc) is 1.83. The third-order valence-corrected chi connectivity index (χ3v) is 19.6. The Morgan fingerprint density at radius 3 is 1.09 bits per heavy atom. The van der Waals surface area contributed by atoms with E-state index in [9.17, 15) is 19.2 Å². The summed E-state index contributed by atoms with van der Waals surface area (Å²) < 4.78 is 11.0. The summed E-state index contributed by atoms with van der Waals surface area (Å²) in [5.74, 6) is 2.57. The Bertz CT molecular complexity index is 5110. The number of carbonyl (C=O) groups excluding carboxylic acids is 4. The minimum atomic E-state index is -0.163. The lowest BCUT2D eigenvalue weighted by Gasteiger charge is -2.24. The SMILES string of the molecule is CC(=O)N(Cc1cccnc1)c1nc(C(C)(C)C)cn2c(Br)cnc12.CC(=O)N(Cc1cccnc1)c1nc(CC2CCCCC2)cn2c(Br)cnc12.CC(=O)N(Cc1cccnc1)c1nc(Cc2ccccc2)cn2c(Br)cnc12.CCc1cn2c(Br)cnc2c(N(Cc2cccnc2)C(C)=O)n1. The number of carbonyl (C=O) groups is 4. The first kappa shape index (κ1) is 75.3. The Kier molecular flexibility index (Phi) is 25.0. The van der Waals surface area contributed by atoms with Crippen molar-refractivity contribution in [2.24, 2.45) is 5.92 Å². The van der Waals surface area contributed by atoms with Gasteiger partial charge in [-0.1, -0.05) is 114 Å². The van der Waals surface area contributed by atoms with E-state index in [1.807, 2.05) is 116 Å². The summed E-state index contributed by atoms with van der Waals surface area (Å²) >= 11 is 14.1. The summed E-state index contributed by atoms with van der Waals surface area (Å²) in [6.07, 6.45) is 37.5. The number of rotatable bonds is 17. The van der Waals surface area contributed by atoms with Gasteiger partial charge in [-0.25, -0.2) is 39.9 Å². The Morgan fingerprint density at radius 1 is 0.413 bits per heavy atom. The largest absolute Gasteiger partial charge is 0.289 e. The van der Waals surface area contributed by atoms with Crippen LogP contribution in [0, 0.1) is 5.92 Å². The summed E-state index contributed by atoms with van der Waals surface area (Å²) in [6.45, 7) is 16.1. The molecule has 1 fully saturated rings. The molecule has 0 aliphatic heterocycles. The molecule has 1 aliphatic carbocycles. The van der Waals surface area contributed by atoms with Crippen molar-refractivity contribution in [2.45, 2.75) is 138 Å². The number of anilines is 4. The predicted octanol–water partition coefficient (Wildman–Crippen LogP) is 15.3. The average molecular weight is 1660 g/mol. The maximum atomic E-state index is 12.5. The van der Waals surface area contributed by atoms with E-state index in [2.05, 4.69) is 141 Å². The van der Waals surface area contributed by atoms with Gasteiger partial charge in [0, 0.05) is 114 Å². The summed E-state index contributed by atoms with van der Waals surface area (Å²) in [5.41, 5.74) is 11.0. The van der Waals surface area contributed by atoms with Crippen molar-refractivity contribution in [2.75, 3.05) is 19.6 Å². The van der Waals surface area contributed by atoms with Crippen LogP contribution in [0.25, 0.3) is 22.6 Å². The molecule has 534 valence electrons. The molecule has 13 aromatic rings. The first-order chi connectivity index (χ1) is 50.1. The Hall–Kier alpha value is -9.90. The molecular weight excluding hydrogens is 1580 g/mol. The molecule has 24 nitrogen and oxygen atoms in total. The molecule has 0 atom stereocenters. The highest BCUT2D eigenvalue weighted by Crippen LogP contribution is 2.33. The first-order valence-electron chi connectivity index (χ1n) is 33.9. The maximum absolute atomic E-state index is 12.5. The summed E-state index contributed by atoms with van der Waals surface area (Å²) in [6, 6.07) is 25.3. The number of fused-ring (bicyclic) bond motifs is 4. The molecule has 1 saturated carbocycles. The van der Waals surface area contributed by atoms with E-state index in [-0.39, 0.29) is 29.0 Å². The molecule has 1 aliphatic rings. The lowest BCUT2D eigenvalue weighted by atomic mass is 9.86. The third-order valence-electron chi connectivity index (χ3n) is 17.2. The molecule has 28 heteroatoms. The second-order valence-electron chi connectivity index (χ2n) is 26.1. The standard InChI is InChI=1S/C21H24BrN5O.C21H18BrN5O.C18H20BrN5O.C16H16BrN5O/c2*1-15(28)26(13-17-8-5-9-23-11-17)21-20-24-12-19(22)27(20)14-18(25-21)10-16-6-3-2-4-7-16;1-12(25)23(10-13-6-5-7-20-8-13)17-16-21-9-15(19)24(16)11-14(22-17)18(2,3)4;1-3-13-10-22-14(17)8-19-15(22)16(20-13)21(11(2)23)9-12-5-4-6-18-7-12/h5,8-9,11-12,14,16H,2-4,6-7,10,13H2,1H3;2-9,11-12,14H,10,13H2,1H3;5-9,11H,10H2,1-4H3;4-8,10H,3,9H2,1-2H3. The van der Waals surface area contributed by atoms with Crippen molar-refractivity contribution in [3.8, 4) is 0 Å². The number of aryl methyl sites for hydroxylation is 1. The third kappa shape index (κ3) is 18.7. The van der Waals surface area contributed by atoms with Crippen molar-refractivity contribution in [1.82, 2.24) is 77.4 Å². The van der Waals surface area contributed by atoms with Gasteiger partial charge in [-0.2, -0.15) is 0 Å². The molecule has 1 aromatic carbocycles. The van der Waals surface area contributed by atoms with Gasteiger partial charge in [-0.05, 0) is 135 Å². The van der Waals surface area contributed by atoms with Crippen LogP contribution in [0.1, 0.15) is 138 Å². The van der Waals surface area contributed by atoms with E-state index in [1.54, 1.807) is 101 Å². The van der Waals surface area contributed by atoms with Gasteiger partial charge >= 0.3 is 0 Å². The van der Waals surface area contributed by atoms with E-state index >= 15 is 0 Å². The molecule has 104 heavy (non-hydrogen) atoms. The zero-order chi connectivity index (χ0) is 73.6. The van der Waals surface area contributed by atoms with Crippen LogP contribution in [0.2, 0.25) is 0 Å². The van der Waals surface area contributed by atoms with Gasteiger partial charge in [0.25, 0.3) is 0 Å². The van der Waals surface area contributed by atoms with Crippen molar-refractivity contribution >= 4 is 133 Å². The lowest BCUT2D eigenvalue weighted by Crippen LogP contribution is -2.30. The van der Waals surface area contributed by atoms with E-state index in [0.717, 1.165) is 81.8 Å². The molecule has 0 unspecified atom stereocenters. The highest BCUT2D eigenvalue weighted by Gasteiger charge is 2.28. The minimum absolute atomic E-state index is 0.0628. The summed E-state index contributed by atoms with van der Waals surface area (Å²) in [7, 11) is 0. The van der Waals surface area contributed by atoms with Gasteiger partial charge in [-0.3, -0.25) is 76.3 Å². The monoisotopic (exact) mass is 1650 g/mol. The molecule has 12 heterocycles. The summed E-state index contributed by atoms with van der Waals surface area (Å²) in [5, 5.41) is 0. The zero-order valence-electron chi connectivity index (χ0n) is 58.9. The number of imidazole rings is 4. The topological polar surface area (TPSA) is 254 Å². The Labute approximate surface area is 636 Å². The number of halogens is 4. The second-order valence-corrected chi connectivity index (χ2v) is 29.3. The highest BCUT2D eigenvalue weighted by atomic mass is 79.9. The van der Waals surface area contributed by atoms with E-state index in [0.29, 0.717) is 84.4 Å². The Balaban J connectivity index is 0.000000139. The normalized spacial score (nSPS) is 12.2. The van der Waals surface area contributed by atoms with Crippen LogP contribution >= 0.6 is 63.7 Å². The number of pyridine rings is 4. The zero-order valence-corrected chi connectivity index (χ0v) is 65.2. The number of hydrogen-bond acceptors (Lipinski definition) is 16. The smallest absolute Gasteiger partial charge is 0.225 e. The maximum Gasteiger partial charge on any atom is 0.225 e. The molecule has 14 rings (SSSR count). The van der Waals surface area contributed by atoms with Crippen molar-refractivity contribution in [1.29, 1.82) is 0 Å². The van der Waals surface area contributed by atoms with Gasteiger partial charge in [-0.15, -0.1) is 0 Å². The van der Waals surface area contributed by atoms with Crippen LogP contribution in [-0.2, 0) is 70.0 Å². The number of nitrogens with zero attached hydrogens (tertiary/aromatic N) is 20. The van der Waals surface area contributed by atoms with E-state index in [4.69, 9.17) is 15.0 Å². The number of amides is 4. The predicted molar refractivity (Wildman–Crippen MR) is 415 cm³/mol. The first-order valence-corrected chi connectivity index (χ1v) is 37.1. The van der Waals surface area contributed by atoms with Crippen LogP contribution < -0.4 is 19.6 Å². The van der Waals surface area contributed by atoms with Crippen LogP contribution in [0.4, 0.5) is 23.3 Å². The quantitative estimate of drug-likeness (QED) is 0.0821. The van der Waals surface area contributed by atoms with Gasteiger partial charge in [0.15, 0.2) is 45.9 Å². The number of aromatic nitrogens is 16. The molecule has 12 aromatic heterocycles. The van der Waals surface area contributed by atoms with E-state index < -0.39 is 0 Å². The highest BCUT2D eigenvalue weighted by molar-refractivity contribution is 9.11. The lowest BCUT2D eigenvalue weighted by molar-refractivity contribution is -0.117. The molecule has 4 amide bonds. The van der Waals surface area contributed by atoms with Crippen LogP contribution in [0.15, 0.2) is 196 Å². The fourth-order valence-corrected chi connectivity index (χ4v) is 13.4. The minimum Gasteiger partial charge on any atom is -0.289 e. The number of benzene rings is 1. The van der Waals surface area contributed by atoms with E-state index in [1.165, 1.54) is 52.9 Å². The molecule has 0 radical (unpaired) electrons. The fraction of sp³-hybridized carbons (Fsp3) is 0.289. The molecular formula is C76H78Br4N20O4. The van der Waals surface area contributed by atoms with Crippen LogP contribution in [0.3, 0.4) is 0 Å². The molecule has 0 bridgehead atoms.